The van der Waals surface area contributed by atoms with Gasteiger partial charge in [-0.25, -0.2) is 0 Å². The van der Waals surface area contributed by atoms with Gasteiger partial charge in [-0.05, 0) is 50.5 Å². The highest BCUT2D eigenvalue weighted by Crippen LogP contribution is 2.23. The maximum absolute atomic E-state index is 12.1. The summed E-state index contributed by atoms with van der Waals surface area (Å²) < 4.78 is 5.46. The van der Waals surface area contributed by atoms with E-state index in [4.69, 9.17) is 4.74 Å². The Hall–Kier alpha value is -2.82. The van der Waals surface area contributed by atoms with E-state index in [0.29, 0.717) is 17.9 Å². The average Bonchev–Trinajstić information content (AvgIpc) is 2.58. The van der Waals surface area contributed by atoms with Crippen molar-refractivity contribution in [1.82, 2.24) is 0 Å². The zero-order chi connectivity index (χ0) is 19.1. The molecule has 1 amide bonds. The summed E-state index contributed by atoms with van der Waals surface area (Å²) >= 11 is 0. The number of aromatic hydroxyl groups is 1. The molecule has 138 valence electrons. The van der Waals surface area contributed by atoms with Crippen molar-refractivity contribution in [3.63, 3.8) is 0 Å². The van der Waals surface area contributed by atoms with Crippen molar-refractivity contribution >= 4 is 17.8 Å². The van der Waals surface area contributed by atoms with Crippen LogP contribution in [0.1, 0.15) is 35.6 Å². The van der Waals surface area contributed by atoms with Crippen LogP contribution < -0.4 is 10.1 Å². The summed E-state index contributed by atoms with van der Waals surface area (Å²) in [5.74, 6) is 0.497. The van der Waals surface area contributed by atoms with Crippen molar-refractivity contribution in [1.29, 1.82) is 0 Å². The van der Waals surface area contributed by atoms with Crippen LogP contribution in [-0.2, 0) is 4.79 Å². The lowest BCUT2D eigenvalue weighted by Gasteiger charge is -2.12. The Morgan fingerprint density at radius 2 is 1.88 bits per heavy atom. The number of carbonyl (C=O) groups is 1. The molecule has 0 aliphatic rings. The monoisotopic (exact) mass is 354 g/mol. The number of phenols is 1. The van der Waals surface area contributed by atoms with Crippen molar-refractivity contribution in [3.8, 4) is 11.5 Å². The van der Waals surface area contributed by atoms with Gasteiger partial charge in [-0.1, -0.05) is 24.6 Å². The van der Waals surface area contributed by atoms with Gasteiger partial charge in [0.2, 0.25) is 5.91 Å². The highest BCUT2D eigenvalue weighted by atomic mass is 16.5. The van der Waals surface area contributed by atoms with Gasteiger partial charge in [0.25, 0.3) is 0 Å². The minimum absolute atomic E-state index is 0.0136. The molecule has 2 rings (SSSR count). The third-order valence-corrected chi connectivity index (χ3v) is 3.88. The van der Waals surface area contributed by atoms with Gasteiger partial charge in [0.15, 0.2) is 0 Å². The predicted molar refractivity (Wildman–Crippen MR) is 106 cm³/mol. The van der Waals surface area contributed by atoms with Gasteiger partial charge < -0.3 is 15.2 Å². The van der Waals surface area contributed by atoms with Crippen LogP contribution in [0, 0.1) is 20.8 Å². The normalized spacial score (nSPS) is 10.9. The summed E-state index contributed by atoms with van der Waals surface area (Å²) in [5.41, 5.74) is 4.60. The predicted octanol–water partition coefficient (Wildman–Crippen LogP) is 4.16. The first-order valence-corrected chi connectivity index (χ1v) is 8.74. The van der Waals surface area contributed by atoms with Crippen LogP contribution in [0.3, 0.4) is 0 Å². The molecule has 0 bridgehead atoms. The summed E-state index contributed by atoms with van der Waals surface area (Å²) in [6.07, 6.45) is 2.40. The number of nitrogens with one attached hydrogen (secondary N) is 1. The number of nitrogens with zero attached hydrogens (tertiary/aromatic N) is 1. The lowest BCUT2D eigenvalue weighted by molar-refractivity contribution is -0.114. The van der Waals surface area contributed by atoms with Gasteiger partial charge in [-0.2, -0.15) is 0 Å². The van der Waals surface area contributed by atoms with E-state index in [1.54, 1.807) is 18.2 Å². The maximum Gasteiger partial charge on any atom is 0.246 e. The van der Waals surface area contributed by atoms with Crippen molar-refractivity contribution in [2.75, 3.05) is 18.5 Å². The Kier molecular flexibility index (Phi) is 6.78. The molecular weight excluding hydrogens is 328 g/mol. The van der Waals surface area contributed by atoms with Gasteiger partial charge in [-0.15, -0.1) is 0 Å². The Labute approximate surface area is 154 Å². The maximum atomic E-state index is 12.1. The van der Waals surface area contributed by atoms with E-state index < -0.39 is 0 Å². The second-order valence-corrected chi connectivity index (χ2v) is 6.36. The minimum Gasteiger partial charge on any atom is -0.507 e. The van der Waals surface area contributed by atoms with Gasteiger partial charge in [0, 0.05) is 23.5 Å². The standard InChI is InChI=1S/C21H26N2O3/c1-5-8-26-18-7-6-17(19(24)11-18)12-22-13-20(25)23-21-15(3)9-14(2)10-16(21)4/h6-7,9-12,24H,5,8,13H2,1-4H3,(H,23,25). The van der Waals surface area contributed by atoms with Crippen LogP contribution in [0.4, 0.5) is 5.69 Å². The molecule has 5 heteroatoms. The largest absolute Gasteiger partial charge is 0.507 e. The fourth-order valence-corrected chi connectivity index (χ4v) is 2.73. The number of ether oxygens (including phenoxy) is 1. The molecule has 2 N–H and O–H groups in total. The van der Waals surface area contributed by atoms with Crippen molar-refractivity contribution in [3.05, 3.63) is 52.6 Å². The second-order valence-electron chi connectivity index (χ2n) is 6.36. The number of anilines is 1. The van der Waals surface area contributed by atoms with Gasteiger partial charge in [0.05, 0.1) is 6.61 Å². The van der Waals surface area contributed by atoms with E-state index in [1.807, 2.05) is 39.8 Å². The van der Waals surface area contributed by atoms with Crippen LogP contribution in [0.15, 0.2) is 35.3 Å². The molecule has 0 aliphatic carbocycles. The number of hydrogen-bond donors (Lipinski definition) is 2. The topological polar surface area (TPSA) is 70.9 Å². The van der Waals surface area contributed by atoms with E-state index >= 15 is 0 Å². The SMILES string of the molecule is CCCOc1ccc(C=NCC(=O)Nc2c(C)cc(C)cc2C)c(O)c1. The molecule has 0 aromatic heterocycles. The molecule has 0 saturated carbocycles. The first-order chi connectivity index (χ1) is 12.4. The summed E-state index contributed by atoms with van der Waals surface area (Å²) in [6, 6.07) is 9.11. The molecule has 0 unspecified atom stereocenters. The lowest BCUT2D eigenvalue weighted by atomic mass is 10.1. The Morgan fingerprint density at radius 3 is 2.50 bits per heavy atom. The van der Waals surface area contributed by atoms with Gasteiger partial charge in [0.1, 0.15) is 18.0 Å². The highest BCUT2D eigenvalue weighted by Gasteiger charge is 2.08. The molecule has 5 nitrogen and oxygen atoms in total. The fraction of sp³-hybridized carbons (Fsp3) is 0.333. The summed E-state index contributed by atoms with van der Waals surface area (Å²) in [4.78, 5) is 16.3. The van der Waals surface area contributed by atoms with Crippen molar-refractivity contribution in [2.24, 2.45) is 4.99 Å². The Balaban J connectivity index is 1.97. The van der Waals surface area contributed by atoms with Crippen LogP contribution >= 0.6 is 0 Å². The molecule has 2 aromatic rings. The minimum atomic E-state index is -0.196. The smallest absolute Gasteiger partial charge is 0.246 e. The number of aliphatic imine (C=N–C) groups is 1. The number of amides is 1. The summed E-state index contributed by atoms with van der Waals surface area (Å²) in [6.45, 7) is 8.58. The molecular formula is C21H26N2O3. The van der Waals surface area contributed by atoms with E-state index in [1.165, 1.54) is 6.21 Å². The lowest BCUT2D eigenvalue weighted by Crippen LogP contribution is -2.16. The van der Waals surface area contributed by atoms with E-state index in [-0.39, 0.29) is 18.2 Å². The molecule has 0 aliphatic heterocycles. The zero-order valence-electron chi connectivity index (χ0n) is 15.8. The number of rotatable bonds is 7. The Bertz CT molecular complexity index is 790. The molecule has 2 aromatic carbocycles. The van der Waals surface area contributed by atoms with Crippen LogP contribution in [0.2, 0.25) is 0 Å². The summed E-state index contributed by atoms with van der Waals surface area (Å²) in [5, 5.41) is 12.9. The zero-order valence-corrected chi connectivity index (χ0v) is 15.8. The third-order valence-electron chi connectivity index (χ3n) is 3.88. The molecule has 0 spiro atoms. The first-order valence-electron chi connectivity index (χ1n) is 8.74. The Morgan fingerprint density at radius 1 is 1.19 bits per heavy atom. The van der Waals surface area contributed by atoms with Crippen molar-refractivity contribution in [2.45, 2.75) is 34.1 Å². The number of benzene rings is 2. The van der Waals surface area contributed by atoms with E-state index in [0.717, 1.165) is 28.8 Å². The highest BCUT2D eigenvalue weighted by molar-refractivity contribution is 5.95. The van der Waals surface area contributed by atoms with Crippen LogP contribution in [0.5, 0.6) is 11.5 Å². The molecule has 0 atom stereocenters. The second kappa shape index (κ2) is 9.04. The quantitative estimate of drug-likeness (QED) is 0.733. The van der Waals surface area contributed by atoms with Crippen LogP contribution in [0.25, 0.3) is 0 Å². The van der Waals surface area contributed by atoms with Crippen LogP contribution in [-0.4, -0.2) is 30.4 Å². The van der Waals surface area contributed by atoms with E-state index in [2.05, 4.69) is 10.3 Å². The number of carbonyl (C=O) groups excluding carboxylic acids is 1. The molecule has 26 heavy (non-hydrogen) atoms. The van der Waals surface area contributed by atoms with Crippen molar-refractivity contribution < 1.29 is 14.6 Å². The number of hydrogen-bond acceptors (Lipinski definition) is 4. The fourth-order valence-electron chi connectivity index (χ4n) is 2.73. The molecule has 0 radical (unpaired) electrons. The summed E-state index contributed by atoms with van der Waals surface area (Å²) in [7, 11) is 0. The molecule has 0 heterocycles. The number of phenolic OH excluding ortho intramolecular Hbond substituents is 1. The molecule has 0 saturated heterocycles. The molecule has 0 fully saturated rings. The first kappa shape index (κ1) is 19.5. The number of aryl methyl sites for hydroxylation is 3. The average molecular weight is 354 g/mol. The van der Waals surface area contributed by atoms with Gasteiger partial charge >= 0.3 is 0 Å². The third kappa shape index (κ3) is 5.34. The van der Waals surface area contributed by atoms with Gasteiger partial charge in [-0.3, -0.25) is 9.79 Å². The van der Waals surface area contributed by atoms with E-state index in [9.17, 15) is 9.90 Å².